The maximum atomic E-state index is 5.60. The summed E-state index contributed by atoms with van der Waals surface area (Å²) in [7, 11) is 0. The summed E-state index contributed by atoms with van der Waals surface area (Å²) in [6, 6.07) is 30.4. The van der Waals surface area contributed by atoms with Crippen LogP contribution in [0.1, 0.15) is 0 Å². The number of benzene rings is 3. The highest BCUT2D eigenvalue weighted by Gasteiger charge is 2.11. The van der Waals surface area contributed by atoms with Crippen LogP contribution in [0.25, 0.3) is 33.1 Å². The van der Waals surface area contributed by atoms with Crippen LogP contribution in [0.15, 0.2) is 118 Å². The number of nitrogens with one attached hydrogen (secondary N) is 1. The van der Waals surface area contributed by atoms with Crippen molar-refractivity contribution in [1.29, 1.82) is 0 Å². The van der Waals surface area contributed by atoms with E-state index in [0.717, 1.165) is 54.4 Å². The zero-order valence-corrected chi connectivity index (χ0v) is 18.3. The second-order valence-corrected chi connectivity index (χ2v) is 8.62. The number of hydrogen-bond acceptors (Lipinski definition) is 6. The fraction of sp³-hybridized carbons (Fsp3) is 0. The number of nitrogens with zero attached hydrogens (tertiary/aromatic N) is 3. The van der Waals surface area contributed by atoms with E-state index in [-0.39, 0.29) is 0 Å². The fourth-order valence-corrected chi connectivity index (χ4v) is 4.71. The molecule has 3 aromatic heterocycles. The van der Waals surface area contributed by atoms with Crippen molar-refractivity contribution in [2.24, 2.45) is 0 Å². The van der Waals surface area contributed by atoms with E-state index in [0.29, 0.717) is 0 Å². The molecule has 0 aliphatic heterocycles. The number of anilines is 2. The highest BCUT2D eigenvalue weighted by atomic mass is 32.2. The summed E-state index contributed by atoms with van der Waals surface area (Å²) >= 11 is 1.65. The van der Waals surface area contributed by atoms with Crippen molar-refractivity contribution < 1.29 is 4.42 Å². The van der Waals surface area contributed by atoms with Crippen LogP contribution in [0, 0.1) is 0 Å². The van der Waals surface area contributed by atoms with Crippen LogP contribution in [-0.4, -0.2) is 15.2 Å². The monoisotopic (exact) mass is 446 g/mol. The van der Waals surface area contributed by atoms with Gasteiger partial charge in [0.05, 0.1) is 11.2 Å². The molecule has 0 aliphatic rings. The lowest BCUT2D eigenvalue weighted by Gasteiger charge is -2.11. The Hall–Kier alpha value is -4.16. The van der Waals surface area contributed by atoms with Gasteiger partial charge in [-0.25, -0.2) is 0 Å². The van der Waals surface area contributed by atoms with Gasteiger partial charge in [-0.2, -0.15) is 0 Å². The third kappa shape index (κ3) is 3.81. The van der Waals surface area contributed by atoms with E-state index >= 15 is 0 Å². The minimum atomic E-state index is 0.733. The Kier molecular flexibility index (Phi) is 4.97. The standard InChI is InChI=1S/C27H18N4OS/c1-2-6-18(7-3-1)25-21-8-4-5-9-22(21)27(31-30-25)29-19-10-12-20(13-11-19)33-24-14-16-28-23-15-17-32-26(23)24/h1-17H,(H,29,31). The van der Waals surface area contributed by atoms with Gasteiger partial charge in [0.1, 0.15) is 11.2 Å². The summed E-state index contributed by atoms with van der Waals surface area (Å²) in [5, 5.41) is 14.6. The second-order valence-electron chi connectivity index (χ2n) is 7.50. The molecule has 6 aromatic rings. The molecule has 0 unspecified atom stereocenters. The summed E-state index contributed by atoms with van der Waals surface area (Å²) < 4.78 is 5.60. The fourth-order valence-electron chi connectivity index (χ4n) is 3.81. The van der Waals surface area contributed by atoms with E-state index in [1.165, 1.54) is 0 Å². The van der Waals surface area contributed by atoms with Crippen molar-refractivity contribution in [2.45, 2.75) is 9.79 Å². The highest BCUT2D eigenvalue weighted by Crippen LogP contribution is 2.35. The predicted octanol–water partition coefficient (Wildman–Crippen LogP) is 7.33. The summed E-state index contributed by atoms with van der Waals surface area (Å²) in [6.07, 6.45) is 3.47. The molecule has 0 saturated heterocycles. The molecule has 0 bridgehead atoms. The van der Waals surface area contributed by atoms with Crippen LogP contribution in [-0.2, 0) is 0 Å². The molecule has 6 heteroatoms. The van der Waals surface area contributed by atoms with Crippen molar-refractivity contribution >= 4 is 45.1 Å². The van der Waals surface area contributed by atoms with Crippen LogP contribution in [0.3, 0.4) is 0 Å². The van der Waals surface area contributed by atoms with Gasteiger partial charge in [-0.1, -0.05) is 66.4 Å². The third-order valence-electron chi connectivity index (χ3n) is 5.39. The average Bonchev–Trinajstić information content (AvgIpc) is 3.36. The van der Waals surface area contributed by atoms with Gasteiger partial charge in [0.25, 0.3) is 0 Å². The van der Waals surface area contributed by atoms with Crippen LogP contribution in [0.5, 0.6) is 0 Å². The van der Waals surface area contributed by atoms with E-state index in [1.54, 1.807) is 24.2 Å². The summed E-state index contributed by atoms with van der Waals surface area (Å²) in [4.78, 5) is 6.48. The van der Waals surface area contributed by atoms with Crippen LogP contribution >= 0.6 is 11.8 Å². The van der Waals surface area contributed by atoms with Gasteiger partial charge in [0.2, 0.25) is 0 Å². The Bertz CT molecular complexity index is 1560. The second kappa shape index (κ2) is 8.41. The number of fused-ring (bicyclic) bond motifs is 2. The molecule has 1 N–H and O–H groups in total. The molecule has 158 valence electrons. The zero-order valence-electron chi connectivity index (χ0n) is 17.5. The summed E-state index contributed by atoms with van der Waals surface area (Å²) in [6.45, 7) is 0. The first-order chi connectivity index (χ1) is 16.3. The van der Waals surface area contributed by atoms with E-state index in [2.05, 4.69) is 56.9 Å². The molecular formula is C27H18N4OS. The number of pyridine rings is 1. The Labute approximate surface area is 194 Å². The normalized spacial score (nSPS) is 11.2. The summed E-state index contributed by atoms with van der Waals surface area (Å²) in [5.74, 6) is 0.733. The van der Waals surface area contributed by atoms with E-state index in [9.17, 15) is 0 Å². The van der Waals surface area contributed by atoms with Gasteiger partial charge in [-0.3, -0.25) is 4.98 Å². The van der Waals surface area contributed by atoms with Gasteiger partial charge in [0.15, 0.2) is 11.4 Å². The topological polar surface area (TPSA) is 63.8 Å². The molecule has 0 radical (unpaired) electrons. The van der Waals surface area contributed by atoms with Gasteiger partial charge >= 0.3 is 0 Å². The number of rotatable bonds is 5. The third-order valence-corrected chi connectivity index (χ3v) is 6.44. The highest BCUT2D eigenvalue weighted by molar-refractivity contribution is 7.99. The first-order valence-electron chi connectivity index (χ1n) is 10.5. The van der Waals surface area contributed by atoms with Gasteiger partial charge < -0.3 is 9.73 Å². The summed E-state index contributed by atoms with van der Waals surface area (Å²) in [5.41, 5.74) is 4.55. The Morgan fingerprint density at radius 3 is 2.36 bits per heavy atom. The number of aromatic nitrogens is 3. The van der Waals surface area contributed by atoms with E-state index < -0.39 is 0 Å². The van der Waals surface area contributed by atoms with Crippen molar-refractivity contribution in [1.82, 2.24) is 15.2 Å². The van der Waals surface area contributed by atoms with Crippen LogP contribution in [0.2, 0.25) is 0 Å². The molecule has 3 heterocycles. The molecule has 0 aliphatic carbocycles. The molecule has 0 spiro atoms. The quantitative estimate of drug-likeness (QED) is 0.299. The number of hydrogen-bond donors (Lipinski definition) is 1. The molecule has 6 rings (SSSR count). The maximum Gasteiger partial charge on any atom is 0.166 e. The zero-order chi connectivity index (χ0) is 22.0. The SMILES string of the molecule is c1ccc(-c2nnc(Nc3ccc(Sc4ccnc5ccoc45)cc3)c3ccccc23)cc1. The van der Waals surface area contributed by atoms with Crippen molar-refractivity contribution in [3.8, 4) is 11.3 Å². The maximum absolute atomic E-state index is 5.60. The molecule has 33 heavy (non-hydrogen) atoms. The molecule has 3 aromatic carbocycles. The molecular weight excluding hydrogens is 428 g/mol. The molecule has 0 amide bonds. The minimum absolute atomic E-state index is 0.733. The number of furan rings is 1. The lowest BCUT2D eigenvalue weighted by atomic mass is 10.0. The van der Waals surface area contributed by atoms with Crippen molar-refractivity contribution in [2.75, 3.05) is 5.32 Å². The van der Waals surface area contributed by atoms with E-state index in [1.807, 2.05) is 54.6 Å². The van der Waals surface area contributed by atoms with Crippen LogP contribution in [0.4, 0.5) is 11.5 Å². The van der Waals surface area contributed by atoms with Gasteiger partial charge in [-0.05, 0) is 30.3 Å². The predicted molar refractivity (Wildman–Crippen MR) is 133 cm³/mol. The first kappa shape index (κ1) is 19.5. The lowest BCUT2D eigenvalue weighted by Crippen LogP contribution is -1.99. The van der Waals surface area contributed by atoms with Gasteiger partial charge in [0, 0.05) is 39.2 Å². The van der Waals surface area contributed by atoms with E-state index in [4.69, 9.17) is 4.42 Å². The lowest BCUT2D eigenvalue weighted by molar-refractivity contribution is 0.608. The first-order valence-corrected chi connectivity index (χ1v) is 11.3. The Morgan fingerprint density at radius 1 is 0.727 bits per heavy atom. The smallest absolute Gasteiger partial charge is 0.166 e. The molecule has 0 fully saturated rings. The van der Waals surface area contributed by atoms with Crippen molar-refractivity contribution in [3.05, 3.63) is 103 Å². The Morgan fingerprint density at radius 2 is 1.52 bits per heavy atom. The van der Waals surface area contributed by atoms with Gasteiger partial charge in [-0.15, -0.1) is 10.2 Å². The molecule has 0 atom stereocenters. The van der Waals surface area contributed by atoms with Crippen molar-refractivity contribution in [3.63, 3.8) is 0 Å². The van der Waals surface area contributed by atoms with Crippen LogP contribution < -0.4 is 5.32 Å². The molecule has 5 nitrogen and oxygen atoms in total. The molecule has 0 saturated carbocycles. The Balaban J connectivity index is 1.28. The average molecular weight is 447 g/mol. The minimum Gasteiger partial charge on any atom is -0.461 e. The largest absolute Gasteiger partial charge is 0.461 e.